The van der Waals surface area contributed by atoms with E-state index in [0.717, 1.165) is 12.0 Å². The number of nitrogens with one attached hydrogen (secondary N) is 1. The summed E-state index contributed by atoms with van der Waals surface area (Å²) in [4.78, 5) is 0.0691. The first-order valence-corrected chi connectivity index (χ1v) is 8.39. The van der Waals surface area contributed by atoms with E-state index < -0.39 is 10.0 Å². The van der Waals surface area contributed by atoms with Gasteiger partial charge in [0.1, 0.15) is 10.6 Å². The van der Waals surface area contributed by atoms with Gasteiger partial charge >= 0.3 is 0 Å². The van der Waals surface area contributed by atoms with Crippen molar-refractivity contribution in [1.29, 1.82) is 0 Å². The Bertz CT molecular complexity index is 616. The first kappa shape index (κ1) is 16.1. The molecule has 118 valence electrons. The molecule has 1 aromatic carbocycles. The Kier molecular flexibility index (Phi) is 4.75. The van der Waals surface area contributed by atoms with Gasteiger partial charge in [0.05, 0.1) is 13.2 Å². The zero-order valence-corrected chi connectivity index (χ0v) is 13.4. The van der Waals surface area contributed by atoms with E-state index in [-0.39, 0.29) is 16.9 Å². The van der Waals surface area contributed by atoms with Crippen LogP contribution in [0.3, 0.4) is 0 Å². The average Bonchev–Trinajstić information content (AvgIpc) is 2.84. The minimum absolute atomic E-state index is 0.0673. The summed E-state index contributed by atoms with van der Waals surface area (Å²) in [5, 5.41) is 0. The predicted octanol–water partition coefficient (Wildman–Crippen LogP) is 1.29. The minimum atomic E-state index is -3.66. The van der Waals surface area contributed by atoms with Gasteiger partial charge in [0.25, 0.3) is 0 Å². The molecule has 21 heavy (non-hydrogen) atoms. The molecule has 2 atom stereocenters. The molecule has 7 heteroatoms. The van der Waals surface area contributed by atoms with Crippen LogP contribution < -0.4 is 15.2 Å². The summed E-state index contributed by atoms with van der Waals surface area (Å²) in [6.07, 6.45) is 0.925. The Morgan fingerprint density at radius 2 is 2.19 bits per heavy atom. The maximum absolute atomic E-state index is 12.5. The van der Waals surface area contributed by atoms with Crippen LogP contribution in [0.25, 0.3) is 0 Å². The van der Waals surface area contributed by atoms with Gasteiger partial charge in [-0.05, 0) is 38.0 Å². The maximum atomic E-state index is 12.5. The van der Waals surface area contributed by atoms with E-state index in [9.17, 15) is 8.42 Å². The third-order valence-electron chi connectivity index (χ3n) is 3.91. The lowest BCUT2D eigenvalue weighted by molar-refractivity contribution is 0.107. The van der Waals surface area contributed by atoms with Crippen molar-refractivity contribution in [2.45, 2.75) is 31.3 Å². The number of hydrogen-bond donors (Lipinski definition) is 2. The summed E-state index contributed by atoms with van der Waals surface area (Å²) < 4.78 is 38.1. The van der Waals surface area contributed by atoms with Crippen LogP contribution >= 0.6 is 0 Å². The van der Waals surface area contributed by atoms with E-state index in [0.29, 0.717) is 24.6 Å². The summed E-state index contributed by atoms with van der Waals surface area (Å²) in [7, 11) is -2.22. The highest BCUT2D eigenvalue weighted by Gasteiger charge is 2.27. The van der Waals surface area contributed by atoms with E-state index in [1.807, 2.05) is 6.92 Å². The highest BCUT2D eigenvalue weighted by atomic mass is 32.2. The molecule has 0 aromatic heterocycles. The third-order valence-corrected chi connectivity index (χ3v) is 5.36. The van der Waals surface area contributed by atoms with Crippen molar-refractivity contribution in [3.8, 4) is 5.75 Å². The van der Waals surface area contributed by atoms with E-state index >= 15 is 0 Å². The number of aryl methyl sites for hydroxylation is 1. The van der Waals surface area contributed by atoms with E-state index in [1.54, 1.807) is 13.0 Å². The van der Waals surface area contributed by atoms with Gasteiger partial charge in [0.2, 0.25) is 10.0 Å². The molecular weight excluding hydrogens is 292 g/mol. The molecule has 0 radical (unpaired) electrons. The number of ether oxygens (including phenoxy) is 2. The fraction of sp³-hybridized carbons (Fsp3) is 0.571. The largest absolute Gasteiger partial charge is 0.495 e. The monoisotopic (exact) mass is 314 g/mol. The molecule has 0 saturated carbocycles. The zero-order valence-electron chi connectivity index (χ0n) is 12.5. The van der Waals surface area contributed by atoms with Gasteiger partial charge in [-0.1, -0.05) is 0 Å². The first-order valence-electron chi connectivity index (χ1n) is 6.90. The molecule has 0 bridgehead atoms. The van der Waals surface area contributed by atoms with Crippen LogP contribution in [0.2, 0.25) is 0 Å². The van der Waals surface area contributed by atoms with Crippen molar-refractivity contribution < 1.29 is 17.9 Å². The molecule has 1 heterocycles. The second-order valence-electron chi connectivity index (χ2n) is 5.34. The second kappa shape index (κ2) is 6.21. The fourth-order valence-corrected chi connectivity index (χ4v) is 3.66. The van der Waals surface area contributed by atoms with Gasteiger partial charge in [0, 0.05) is 24.8 Å². The van der Waals surface area contributed by atoms with Gasteiger partial charge in [-0.25, -0.2) is 13.1 Å². The van der Waals surface area contributed by atoms with E-state index in [1.165, 1.54) is 13.2 Å². The summed E-state index contributed by atoms with van der Waals surface area (Å²) in [5.74, 6) is 0.485. The van der Waals surface area contributed by atoms with Gasteiger partial charge in [-0.2, -0.15) is 0 Å². The van der Waals surface area contributed by atoms with Crippen molar-refractivity contribution in [3.63, 3.8) is 0 Å². The molecule has 0 amide bonds. The number of benzene rings is 1. The lowest BCUT2D eigenvalue weighted by Gasteiger charge is -2.17. The van der Waals surface area contributed by atoms with Crippen molar-refractivity contribution in [2.75, 3.05) is 26.0 Å². The molecule has 1 saturated heterocycles. The number of rotatable bonds is 5. The van der Waals surface area contributed by atoms with Gasteiger partial charge < -0.3 is 15.2 Å². The van der Waals surface area contributed by atoms with Gasteiger partial charge in [-0.15, -0.1) is 0 Å². The SMILES string of the molecule is COc1cc(C)c(N)cc1S(=O)(=O)NCC1CCOC1C. The average molecular weight is 314 g/mol. The first-order chi connectivity index (χ1) is 9.85. The lowest BCUT2D eigenvalue weighted by Crippen LogP contribution is -2.32. The van der Waals surface area contributed by atoms with Crippen molar-refractivity contribution in [2.24, 2.45) is 5.92 Å². The zero-order chi connectivity index (χ0) is 15.6. The van der Waals surface area contributed by atoms with Crippen LogP contribution in [0.5, 0.6) is 5.75 Å². The van der Waals surface area contributed by atoms with Crippen molar-refractivity contribution >= 4 is 15.7 Å². The Balaban J connectivity index is 2.21. The molecule has 2 unspecified atom stereocenters. The summed E-state index contributed by atoms with van der Waals surface area (Å²) in [6.45, 7) is 4.78. The molecule has 1 fully saturated rings. The van der Waals surface area contributed by atoms with Gasteiger partial charge in [-0.3, -0.25) is 0 Å². The van der Waals surface area contributed by atoms with Gasteiger partial charge in [0.15, 0.2) is 0 Å². The van der Waals surface area contributed by atoms with Crippen molar-refractivity contribution in [1.82, 2.24) is 4.72 Å². The topological polar surface area (TPSA) is 90.7 Å². The number of hydrogen-bond acceptors (Lipinski definition) is 5. The van der Waals surface area contributed by atoms with Crippen LogP contribution in [0, 0.1) is 12.8 Å². The molecule has 2 rings (SSSR count). The Labute approximate surface area is 125 Å². The normalized spacial score (nSPS) is 22.4. The highest BCUT2D eigenvalue weighted by Crippen LogP contribution is 2.29. The van der Waals surface area contributed by atoms with E-state index in [4.69, 9.17) is 15.2 Å². The second-order valence-corrected chi connectivity index (χ2v) is 7.07. The smallest absolute Gasteiger partial charge is 0.244 e. The summed E-state index contributed by atoms with van der Waals surface area (Å²) in [6, 6.07) is 3.07. The molecule has 0 spiro atoms. The van der Waals surface area contributed by atoms with Crippen LogP contribution in [-0.2, 0) is 14.8 Å². The standard InChI is InChI=1S/C14H22N2O4S/c1-9-6-13(19-3)14(7-12(9)15)21(17,18)16-8-11-4-5-20-10(11)2/h6-7,10-11,16H,4-5,8,15H2,1-3H3. The lowest BCUT2D eigenvalue weighted by atomic mass is 10.0. The highest BCUT2D eigenvalue weighted by molar-refractivity contribution is 7.89. The molecule has 1 aliphatic heterocycles. The number of sulfonamides is 1. The maximum Gasteiger partial charge on any atom is 0.244 e. The van der Waals surface area contributed by atoms with Crippen molar-refractivity contribution in [3.05, 3.63) is 17.7 Å². The Hall–Kier alpha value is -1.31. The molecule has 3 N–H and O–H groups in total. The number of methoxy groups -OCH3 is 1. The van der Waals surface area contributed by atoms with Crippen LogP contribution in [0.15, 0.2) is 17.0 Å². The third kappa shape index (κ3) is 3.48. The molecule has 1 aromatic rings. The predicted molar refractivity (Wildman–Crippen MR) is 80.9 cm³/mol. The molecule has 6 nitrogen and oxygen atoms in total. The van der Waals surface area contributed by atoms with Crippen LogP contribution in [0.4, 0.5) is 5.69 Å². The summed E-state index contributed by atoms with van der Waals surface area (Å²) >= 11 is 0. The van der Waals surface area contributed by atoms with Crippen LogP contribution in [0.1, 0.15) is 18.9 Å². The quantitative estimate of drug-likeness (QED) is 0.799. The number of nitrogens with two attached hydrogens (primary N) is 1. The minimum Gasteiger partial charge on any atom is -0.495 e. The fourth-order valence-electron chi connectivity index (χ4n) is 2.39. The van der Waals surface area contributed by atoms with Crippen LogP contribution in [-0.4, -0.2) is 34.8 Å². The number of nitrogen functional groups attached to an aromatic ring is 1. The molecular formula is C14H22N2O4S. The molecule has 1 aliphatic rings. The van der Waals surface area contributed by atoms with E-state index in [2.05, 4.69) is 4.72 Å². The molecule has 0 aliphatic carbocycles. The Morgan fingerprint density at radius 1 is 1.48 bits per heavy atom. The Morgan fingerprint density at radius 3 is 2.76 bits per heavy atom. The number of anilines is 1. The summed E-state index contributed by atoms with van der Waals surface area (Å²) in [5.41, 5.74) is 7.02.